The Morgan fingerprint density at radius 3 is 1.23 bits per heavy atom. The van der Waals surface area contributed by atoms with Crippen molar-refractivity contribution < 1.29 is 67.7 Å². The van der Waals surface area contributed by atoms with E-state index in [-0.39, 0.29) is 37.6 Å². The molecule has 632 valence electrons. The van der Waals surface area contributed by atoms with Crippen LogP contribution in [-0.4, -0.2) is 209 Å². The topological polar surface area (TPSA) is 292 Å². The third kappa shape index (κ3) is 38.7. The predicted octanol–water partition coefficient (Wildman–Crippen LogP) is 19.9. The molecule has 0 saturated carbocycles. The molecule has 1 amide bonds. The number of rotatable bonds is 41. The molecule has 6 N–H and O–H groups in total. The van der Waals surface area contributed by atoms with Gasteiger partial charge in [0.1, 0.15) is 41.1 Å². The zero-order valence-corrected chi connectivity index (χ0v) is 78.0. The molecule has 0 aliphatic carbocycles. The number of halogens is 3. The maximum Gasteiger partial charge on any atom is 0.407 e. The quantitative estimate of drug-likeness (QED) is 0.00452. The van der Waals surface area contributed by atoms with E-state index in [0.29, 0.717) is 78.9 Å². The Morgan fingerprint density at radius 1 is 0.478 bits per heavy atom. The summed E-state index contributed by atoms with van der Waals surface area (Å²) in [5.41, 5.74) is 3.93. The van der Waals surface area contributed by atoms with Gasteiger partial charge in [0.25, 0.3) is 0 Å². The van der Waals surface area contributed by atoms with Crippen molar-refractivity contribution >= 4 is 256 Å². The minimum Gasteiger partial charge on any atom is -0.456 e. The lowest BCUT2D eigenvalue weighted by molar-refractivity contribution is -0.150. The smallest absolute Gasteiger partial charge is 0.407 e. The molecular formula is C80H107BrCl2N8O14S10. The molecule has 0 fully saturated rings. The molecule has 0 unspecified atom stereocenters. The molecule has 22 nitrogen and oxygen atoms in total. The van der Waals surface area contributed by atoms with Gasteiger partial charge in [-0.2, -0.15) is 10.5 Å². The fraction of sp³-hybridized carbons (Fsp3) is 0.500. The number of thiophene rings is 10. The number of carbonyl (C=O) groups excluding carboxylic acids is 4. The standard InChI is InChI=1S/C28H40ClN3O6S2.C17H20N2O3S2.C10H22ClNO2.C10H11NO2S2.C9H11NOS2.C6H3BrS2/c1-28(2,3)38-26(33)21(20-30)17-22-18-23-24(39-22)19-25(40-23)32(4)11-14-37-27(34)31-10-13-36-16-15-35-12-8-6-5-7-9-29;1-17(2,3)22-16(21)11(10-18)7-12-8-13-14(23-12)9-15(24-13)19(4)5-6-20;11-5-3-1-2-4-7-13-9-10-14-8-6-12;1-11(2-3-12)10-5-9-8(15-10)4-7(6-13)14-9;1-10(3-4-11)9-6-8-7(13-9)2-5-12-8;7-6-3-5-4(9-6)1-2-8-5/h17-19H,5-16H2,1-4H3,(H,31,34);7-9,20H,5-6H2,1-4H3;1-10,12H2;4-6,12H,2-3H2,1H3;2,5-6,11H,3-4H2,1H3;1-3H/b21-17+;11-7+;;;;. The summed E-state index contributed by atoms with van der Waals surface area (Å²) < 4.78 is 50.5. The van der Waals surface area contributed by atoms with Crippen molar-refractivity contribution in [3.8, 4) is 12.1 Å². The average molecular weight is 1880 g/mol. The number of alkyl halides is 2. The lowest BCUT2D eigenvalue weighted by Gasteiger charge is -2.18. The molecule has 0 spiro atoms. The Bertz CT molecular complexity index is 4440. The zero-order chi connectivity index (χ0) is 84.1. The molecule has 0 atom stereocenters. The van der Waals surface area contributed by atoms with Crippen LogP contribution in [0.15, 0.2) is 86.4 Å². The summed E-state index contributed by atoms with van der Waals surface area (Å²) in [7, 11) is 7.82. The number of hydrogen-bond acceptors (Lipinski definition) is 31. The highest BCUT2D eigenvalue weighted by Gasteiger charge is 2.23. The molecule has 0 saturated heterocycles. The Morgan fingerprint density at radius 2 is 0.843 bits per heavy atom. The van der Waals surface area contributed by atoms with Crippen LogP contribution in [0.3, 0.4) is 0 Å². The second kappa shape index (κ2) is 55.4. The molecule has 0 aliphatic heterocycles. The maximum absolute atomic E-state index is 12.2. The second-order valence-electron chi connectivity index (χ2n) is 27.1. The lowest BCUT2D eigenvalue weighted by Crippen LogP contribution is -2.31. The number of aldehydes is 1. The number of nitrogens with zero attached hydrogens (tertiary/aromatic N) is 6. The van der Waals surface area contributed by atoms with Gasteiger partial charge in [-0.05, 0) is 167 Å². The van der Waals surface area contributed by atoms with Crippen LogP contribution in [0.5, 0.6) is 0 Å². The molecule has 0 bridgehead atoms. The predicted molar refractivity (Wildman–Crippen MR) is 495 cm³/mol. The Labute approximate surface area is 733 Å². The van der Waals surface area contributed by atoms with Crippen LogP contribution in [-0.2, 0) is 42.7 Å². The van der Waals surface area contributed by atoms with Gasteiger partial charge in [-0.15, -0.1) is 137 Å². The first kappa shape index (κ1) is 100. The summed E-state index contributed by atoms with van der Waals surface area (Å²) in [6.07, 6.45) is 12.5. The fourth-order valence-electron chi connectivity index (χ4n) is 9.67. The summed E-state index contributed by atoms with van der Waals surface area (Å²) in [5.74, 6) is 0.252. The number of likely N-dealkylation sites (N-methyl/N-ethyl adjacent to an activating group) is 4. The van der Waals surface area contributed by atoms with Gasteiger partial charge in [0.15, 0.2) is 6.29 Å². The number of hydrogen-bond donors (Lipinski definition) is 5. The van der Waals surface area contributed by atoms with Gasteiger partial charge in [0.05, 0.1) is 94.7 Å². The van der Waals surface area contributed by atoms with E-state index in [1.807, 2.05) is 79.3 Å². The SMILES string of the molecule is Brc1cc2sccc2s1.CN(CCO)c1cc2sc(/C=C(\C#N)C(=O)OC(C)(C)C)cc2s1.CN(CCO)c1cc2sc(C=O)cc2s1.CN(CCO)c1cc2sccc2s1.CN(CCOC(=O)NCCOCCOCCCCCCCl)c1cc2sc(/C=C(\C#N)C(=O)OC(C)(C)C)cc2s1.NCCOCCOCCCCCCCl. The normalized spacial score (nSPS) is 11.5. The average Bonchev–Trinajstić information content (AvgIpc) is 1.67. The van der Waals surface area contributed by atoms with Crippen LogP contribution < -0.4 is 30.7 Å². The number of unbranched alkanes of at least 4 members (excludes halogenated alkanes) is 6. The summed E-state index contributed by atoms with van der Waals surface area (Å²) in [4.78, 5) is 57.3. The van der Waals surface area contributed by atoms with Gasteiger partial charge in [0.2, 0.25) is 0 Å². The number of aliphatic hydroxyl groups excluding tert-OH is 3. The molecule has 10 aromatic heterocycles. The van der Waals surface area contributed by atoms with E-state index in [1.165, 1.54) is 74.4 Å². The number of amides is 1. The number of nitrogens with two attached hydrogens (primary N) is 1. The van der Waals surface area contributed by atoms with Gasteiger partial charge >= 0.3 is 18.0 Å². The minimum absolute atomic E-state index is 0.00329. The second-order valence-corrected chi connectivity index (χ2v) is 39.9. The van der Waals surface area contributed by atoms with Gasteiger partial charge < -0.3 is 79.1 Å². The highest BCUT2D eigenvalue weighted by molar-refractivity contribution is 9.11. The number of alkyl carbamates (subject to hydrolysis) is 1. The van der Waals surface area contributed by atoms with Crippen molar-refractivity contribution in [1.29, 1.82) is 10.5 Å². The lowest BCUT2D eigenvalue weighted by atomic mass is 10.2. The van der Waals surface area contributed by atoms with E-state index >= 15 is 0 Å². The van der Waals surface area contributed by atoms with Crippen LogP contribution in [0.25, 0.3) is 59.2 Å². The van der Waals surface area contributed by atoms with Crippen molar-refractivity contribution in [2.75, 3.05) is 178 Å². The highest BCUT2D eigenvalue weighted by Crippen LogP contribution is 2.41. The number of ether oxygens (including phenoxy) is 7. The Balaban J connectivity index is 0.000000266. The monoisotopic (exact) mass is 1870 g/mol. The highest BCUT2D eigenvalue weighted by atomic mass is 79.9. The van der Waals surface area contributed by atoms with Crippen molar-refractivity contribution in [3.63, 3.8) is 0 Å². The van der Waals surface area contributed by atoms with E-state index in [0.717, 1.165) is 128 Å². The summed E-state index contributed by atoms with van der Waals surface area (Å²) in [6, 6.07) is 24.5. The molecular weight excluding hydrogens is 1770 g/mol. The molecule has 10 rings (SSSR count). The third-order valence-corrected chi connectivity index (χ3v) is 27.8. The van der Waals surface area contributed by atoms with E-state index in [1.54, 1.807) is 133 Å². The van der Waals surface area contributed by atoms with Gasteiger partial charge in [-0.25, -0.2) is 14.4 Å². The summed E-state index contributed by atoms with van der Waals surface area (Å²) in [6.45, 7) is 19.6. The first-order chi connectivity index (χ1) is 55.2. The van der Waals surface area contributed by atoms with Crippen molar-refractivity contribution in [1.82, 2.24) is 5.32 Å². The van der Waals surface area contributed by atoms with E-state index in [2.05, 4.69) is 73.3 Å². The zero-order valence-electron chi connectivity index (χ0n) is 66.8. The van der Waals surface area contributed by atoms with Crippen LogP contribution in [0.4, 0.5) is 24.8 Å². The van der Waals surface area contributed by atoms with Crippen molar-refractivity contribution in [2.45, 2.75) is 104 Å². The van der Waals surface area contributed by atoms with E-state index in [4.69, 9.17) is 77.4 Å². The minimum atomic E-state index is -0.666. The first-order valence-electron chi connectivity index (χ1n) is 37.2. The van der Waals surface area contributed by atoms with Gasteiger partial charge in [0, 0.05) is 143 Å². The molecule has 10 heterocycles. The molecule has 0 radical (unpaired) electrons. The molecule has 115 heavy (non-hydrogen) atoms. The van der Waals surface area contributed by atoms with Gasteiger partial charge in [-0.3, -0.25) is 4.79 Å². The van der Waals surface area contributed by atoms with Crippen molar-refractivity contribution in [3.05, 3.63) is 101 Å². The van der Waals surface area contributed by atoms with Crippen LogP contribution in [0.1, 0.15) is 112 Å². The number of carbonyl (C=O) groups is 4. The number of nitrogens with one attached hydrogen (secondary N) is 1. The summed E-state index contributed by atoms with van der Waals surface area (Å²) in [5, 5.41) is 56.6. The molecule has 0 aromatic carbocycles. The molecule has 35 heteroatoms. The van der Waals surface area contributed by atoms with E-state index < -0.39 is 29.2 Å². The van der Waals surface area contributed by atoms with Gasteiger partial charge in [-0.1, -0.05) is 25.7 Å². The number of esters is 2. The van der Waals surface area contributed by atoms with Crippen LogP contribution in [0, 0.1) is 22.7 Å². The number of nitriles is 2. The number of fused-ring (bicyclic) bond motifs is 5. The molecule has 10 aromatic rings. The maximum atomic E-state index is 12.2. The Hall–Kier alpha value is -5.42. The number of aliphatic hydroxyl groups is 3. The number of anilines is 4. The van der Waals surface area contributed by atoms with Crippen LogP contribution >= 0.6 is 152 Å². The van der Waals surface area contributed by atoms with E-state index in [9.17, 15) is 29.7 Å². The fourth-order valence-corrected chi connectivity index (χ4v) is 21.7. The first-order valence-corrected chi connectivity index (χ1v) is 47.4. The summed E-state index contributed by atoms with van der Waals surface area (Å²) >= 11 is 31.1. The van der Waals surface area contributed by atoms with Crippen LogP contribution in [0.2, 0.25) is 0 Å². The Kier molecular flexibility index (Phi) is 48.3. The van der Waals surface area contributed by atoms with Crippen molar-refractivity contribution in [2.24, 2.45) is 5.73 Å². The third-order valence-electron chi connectivity index (χ3n) is 15.4. The molecule has 0 aliphatic rings. The largest absolute Gasteiger partial charge is 0.456 e.